The first-order valence-electron chi connectivity index (χ1n) is 25.4. The van der Waals surface area contributed by atoms with Crippen LogP contribution in [0.1, 0.15) is 70.4 Å². The molecule has 0 spiro atoms. The molecule has 0 amide bonds. The Labute approximate surface area is 434 Å². The molecule has 3 fully saturated rings. The van der Waals surface area contributed by atoms with Crippen LogP contribution in [0.4, 0.5) is 0 Å². The highest BCUT2D eigenvalue weighted by atomic mass is 31.2. The van der Waals surface area contributed by atoms with Crippen molar-refractivity contribution in [1.82, 2.24) is 5.32 Å². The zero-order chi connectivity index (χ0) is 50.0. The SMILES string of the molecule is CC1(C)O[C@@H]2[C@@H](O1)C(c1ccccc1)(c1ccccc1)OP(OCc1ccccc1-c1ccc(C/C(C3=N[C@@H](c4ccccc4)CO3)=C3\N[C@@H](c4ccccc4)CO3)cc1)OC2(c1ccccc1)c1ccccc1. The number of ether oxygens (including phenoxy) is 4. The van der Waals surface area contributed by atoms with E-state index in [4.69, 9.17) is 37.5 Å². The zero-order valence-corrected chi connectivity index (χ0v) is 42.2. The predicted octanol–water partition coefficient (Wildman–Crippen LogP) is 13.8. The van der Waals surface area contributed by atoms with Crippen LogP contribution in [-0.2, 0) is 56.7 Å². The largest absolute Gasteiger partial charge is 0.476 e. The standard InChI is InChI=1S/C64H57N2O7P/c1-62(2)70-58-59(71-62)64(52-32-17-7-18-33-52,53-34-19-8-20-35-53)73-74(72-63(58,50-28-13-5-14-29-50)51-30-15-6-16-31-51)69-42-49-27-21-22-36-54(49)46-39-37-45(38-40-46)41-55(60-65-56(43-67-60)47-23-9-3-10-24-47)61-66-57(44-68-61)48-25-11-4-12-26-48/h3-40,56-59,65H,41-44H2,1-2H3/b60-55-/t56-,57-,58-,59-/m1/s1. The van der Waals surface area contributed by atoms with E-state index in [1.54, 1.807) is 0 Å². The average Bonchev–Trinajstić information content (AvgIpc) is 4.24. The van der Waals surface area contributed by atoms with Gasteiger partial charge in [0.15, 0.2) is 22.9 Å². The van der Waals surface area contributed by atoms with Gasteiger partial charge < -0.3 is 28.8 Å². The molecular weight excluding hydrogens is 940 g/mol. The maximum Gasteiger partial charge on any atom is 0.335 e. The van der Waals surface area contributed by atoms with Gasteiger partial charge in [0.05, 0.1) is 18.2 Å². The molecule has 4 aliphatic rings. The van der Waals surface area contributed by atoms with E-state index in [9.17, 15) is 0 Å². The Kier molecular flexibility index (Phi) is 13.3. The van der Waals surface area contributed by atoms with Gasteiger partial charge in [0.2, 0.25) is 5.90 Å². The molecule has 74 heavy (non-hydrogen) atoms. The number of aliphatic imine (C=N–C) groups is 1. The first-order valence-corrected chi connectivity index (χ1v) is 26.5. The molecule has 0 unspecified atom stereocenters. The van der Waals surface area contributed by atoms with E-state index in [1.807, 2.05) is 117 Å². The summed E-state index contributed by atoms with van der Waals surface area (Å²) in [4.78, 5) is 5.12. The molecule has 10 heteroatoms. The Morgan fingerprint density at radius 1 is 0.541 bits per heavy atom. The minimum Gasteiger partial charge on any atom is -0.476 e. The van der Waals surface area contributed by atoms with E-state index in [2.05, 4.69) is 133 Å². The maximum absolute atomic E-state index is 7.62. The van der Waals surface area contributed by atoms with Gasteiger partial charge in [-0.1, -0.05) is 231 Å². The zero-order valence-electron chi connectivity index (χ0n) is 41.3. The van der Waals surface area contributed by atoms with Crippen molar-refractivity contribution in [3.8, 4) is 11.1 Å². The molecule has 0 aromatic heterocycles. The highest BCUT2D eigenvalue weighted by Crippen LogP contribution is 2.65. The summed E-state index contributed by atoms with van der Waals surface area (Å²) >= 11 is 0. The summed E-state index contributed by atoms with van der Waals surface area (Å²) in [7, 11) is -2.20. The second kappa shape index (κ2) is 20.6. The van der Waals surface area contributed by atoms with Crippen LogP contribution in [-0.4, -0.2) is 37.1 Å². The van der Waals surface area contributed by atoms with Gasteiger partial charge in [0, 0.05) is 6.42 Å². The van der Waals surface area contributed by atoms with Crippen molar-refractivity contribution in [1.29, 1.82) is 0 Å². The van der Waals surface area contributed by atoms with Gasteiger partial charge in [-0.15, -0.1) is 0 Å². The molecule has 0 saturated carbocycles. The van der Waals surface area contributed by atoms with Crippen molar-refractivity contribution in [3.63, 3.8) is 0 Å². The Morgan fingerprint density at radius 3 is 1.54 bits per heavy atom. The van der Waals surface area contributed by atoms with Crippen LogP contribution >= 0.6 is 8.60 Å². The lowest BCUT2D eigenvalue weighted by Gasteiger charge is -2.41. The fourth-order valence-corrected chi connectivity index (χ4v) is 12.3. The molecule has 8 aromatic carbocycles. The molecule has 0 aliphatic carbocycles. The quantitative estimate of drug-likeness (QED) is 0.114. The molecule has 9 nitrogen and oxygen atoms in total. The van der Waals surface area contributed by atoms with Crippen molar-refractivity contribution in [2.75, 3.05) is 13.2 Å². The topological polar surface area (TPSA) is 89.0 Å². The van der Waals surface area contributed by atoms with E-state index in [-0.39, 0.29) is 18.7 Å². The Bertz CT molecular complexity index is 3050. The van der Waals surface area contributed by atoms with Crippen LogP contribution in [0.3, 0.4) is 0 Å². The second-order valence-corrected chi connectivity index (χ2v) is 20.6. The van der Waals surface area contributed by atoms with Gasteiger partial charge in [0.1, 0.15) is 31.5 Å². The van der Waals surface area contributed by atoms with Gasteiger partial charge in [-0.2, -0.15) is 0 Å². The monoisotopic (exact) mass is 996 g/mol. The fraction of sp³-hybridized carbons (Fsp3) is 0.203. The molecule has 8 aromatic rings. The Morgan fingerprint density at radius 2 is 1.01 bits per heavy atom. The first-order chi connectivity index (χ1) is 36.4. The summed E-state index contributed by atoms with van der Waals surface area (Å²) in [6.07, 6.45) is -0.866. The van der Waals surface area contributed by atoms with Crippen LogP contribution in [0.15, 0.2) is 247 Å². The Hall–Kier alpha value is -7.20. The van der Waals surface area contributed by atoms with E-state index in [1.165, 1.54) is 0 Å². The van der Waals surface area contributed by atoms with Crippen LogP contribution < -0.4 is 5.32 Å². The lowest BCUT2D eigenvalue weighted by atomic mass is 9.72. The molecule has 3 saturated heterocycles. The van der Waals surface area contributed by atoms with E-state index in [0.717, 1.165) is 61.2 Å². The number of rotatable bonds is 13. The van der Waals surface area contributed by atoms with E-state index in [0.29, 0.717) is 31.4 Å². The molecule has 12 rings (SSSR count). The van der Waals surface area contributed by atoms with Crippen molar-refractivity contribution in [3.05, 3.63) is 286 Å². The summed E-state index contributed by atoms with van der Waals surface area (Å²) in [6, 6.07) is 78.8. The average molecular weight is 997 g/mol. The van der Waals surface area contributed by atoms with Crippen LogP contribution in [0.5, 0.6) is 0 Å². The molecule has 4 heterocycles. The fourth-order valence-electron chi connectivity index (χ4n) is 10.9. The lowest BCUT2D eigenvalue weighted by molar-refractivity contribution is -0.176. The third-order valence-corrected chi connectivity index (χ3v) is 15.6. The molecule has 4 atom stereocenters. The summed E-state index contributed by atoms with van der Waals surface area (Å²) < 4.78 is 49.6. The normalized spacial score (nSPS) is 22.3. The van der Waals surface area contributed by atoms with E-state index < -0.39 is 37.8 Å². The molecule has 0 bridgehead atoms. The van der Waals surface area contributed by atoms with Crippen molar-refractivity contribution in [2.24, 2.45) is 4.99 Å². The minimum atomic E-state index is -2.20. The number of hydrogen-bond acceptors (Lipinski definition) is 9. The number of nitrogens with zero attached hydrogens (tertiary/aromatic N) is 1. The first kappa shape index (κ1) is 47.8. The Balaban J connectivity index is 0.890. The van der Waals surface area contributed by atoms with Crippen LogP contribution in [0.25, 0.3) is 11.1 Å². The highest BCUT2D eigenvalue weighted by molar-refractivity contribution is 7.41. The van der Waals surface area contributed by atoms with Gasteiger partial charge in [0.25, 0.3) is 0 Å². The van der Waals surface area contributed by atoms with Gasteiger partial charge in [-0.25, -0.2) is 4.99 Å². The third-order valence-electron chi connectivity index (χ3n) is 14.4. The third kappa shape index (κ3) is 9.26. The molecular formula is C64H57N2O7P. The number of hydrogen-bond donors (Lipinski definition) is 1. The van der Waals surface area contributed by atoms with Gasteiger partial charge in [-0.3, -0.25) is 9.05 Å². The number of fused-ring (bicyclic) bond motifs is 1. The molecule has 370 valence electrons. The van der Waals surface area contributed by atoms with Crippen molar-refractivity contribution in [2.45, 2.75) is 68.2 Å². The minimum absolute atomic E-state index is 0.0130. The van der Waals surface area contributed by atoms with E-state index >= 15 is 0 Å². The summed E-state index contributed by atoms with van der Waals surface area (Å²) in [5.41, 5.74) is 8.42. The summed E-state index contributed by atoms with van der Waals surface area (Å²) in [5, 5.41) is 3.66. The maximum atomic E-state index is 7.62. The van der Waals surface area contributed by atoms with Crippen molar-refractivity contribution < 1.29 is 32.5 Å². The summed E-state index contributed by atoms with van der Waals surface area (Å²) in [5.74, 6) is 0.292. The molecule has 4 aliphatic heterocycles. The van der Waals surface area contributed by atoms with Crippen molar-refractivity contribution >= 4 is 14.5 Å². The predicted molar refractivity (Wildman–Crippen MR) is 288 cm³/mol. The lowest BCUT2D eigenvalue weighted by Crippen LogP contribution is -2.53. The van der Waals surface area contributed by atoms with Crippen LogP contribution in [0.2, 0.25) is 0 Å². The molecule has 0 radical (unpaired) electrons. The molecule has 1 N–H and O–H groups in total. The highest BCUT2D eigenvalue weighted by Gasteiger charge is 2.67. The number of benzene rings is 8. The number of nitrogens with one attached hydrogen (secondary N) is 1. The smallest absolute Gasteiger partial charge is 0.335 e. The van der Waals surface area contributed by atoms with Gasteiger partial charge >= 0.3 is 8.60 Å². The summed E-state index contributed by atoms with van der Waals surface area (Å²) in [6.45, 7) is 5.09. The van der Waals surface area contributed by atoms with Gasteiger partial charge in [-0.05, 0) is 69.5 Å². The second-order valence-electron chi connectivity index (χ2n) is 19.5. The van der Waals surface area contributed by atoms with Crippen LogP contribution in [0, 0.1) is 0 Å².